The number of rotatable bonds is 4. The van der Waals surface area contributed by atoms with Crippen molar-refractivity contribution >= 4 is 63.7 Å². The molecule has 9 heteroatoms. The maximum atomic E-state index is 13.5. The van der Waals surface area contributed by atoms with Gasteiger partial charge in [-0.25, -0.2) is 14.1 Å². The van der Waals surface area contributed by atoms with E-state index in [9.17, 15) is 18.8 Å². The predicted octanol–water partition coefficient (Wildman–Crippen LogP) is 5.80. The maximum Gasteiger partial charge on any atom is 0.336 e. The highest BCUT2D eigenvalue weighted by atomic mass is 35.5. The smallest absolute Gasteiger partial charge is 0.336 e. The Hall–Kier alpha value is -3.94. The van der Waals surface area contributed by atoms with E-state index in [1.807, 2.05) is 35.0 Å². The van der Waals surface area contributed by atoms with E-state index in [0.717, 1.165) is 21.4 Å². The van der Waals surface area contributed by atoms with Gasteiger partial charge in [0.15, 0.2) is 0 Å². The summed E-state index contributed by atoms with van der Waals surface area (Å²) >= 11 is 12.2. The SMILES string of the molecule is O=C1NC(=O)N(c2cccc(Cl)c2Cl)C(=O)/C1=C\c1ccc2c(ccn2Cc2cccc(F)c2)c1. The maximum absolute atomic E-state index is 13.5. The molecule has 1 aliphatic rings. The van der Waals surface area contributed by atoms with Gasteiger partial charge < -0.3 is 4.57 Å². The number of nitrogens with one attached hydrogen (secondary N) is 1. The number of aromatic nitrogens is 1. The average Bonchev–Trinajstić information content (AvgIpc) is 3.21. The summed E-state index contributed by atoms with van der Waals surface area (Å²) in [7, 11) is 0. The van der Waals surface area contributed by atoms with Crippen molar-refractivity contribution in [3.05, 3.63) is 105 Å². The van der Waals surface area contributed by atoms with Gasteiger partial charge in [-0.2, -0.15) is 0 Å². The van der Waals surface area contributed by atoms with Crippen LogP contribution in [0, 0.1) is 5.82 Å². The van der Waals surface area contributed by atoms with Crippen LogP contribution in [-0.4, -0.2) is 22.4 Å². The van der Waals surface area contributed by atoms with Gasteiger partial charge in [0.1, 0.15) is 11.4 Å². The Morgan fingerprint density at radius 1 is 0.943 bits per heavy atom. The highest BCUT2D eigenvalue weighted by Crippen LogP contribution is 2.34. The van der Waals surface area contributed by atoms with Crippen LogP contribution in [0.4, 0.5) is 14.9 Å². The van der Waals surface area contributed by atoms with Crippen LogP contribution in [0.2, 0.25) is 10.0 Å². The number of fused-ring (bicyclic) bond motifs is 1. The molecule has 1 fully saturated rings. The van der Waals surface area contributed by atoms with Crippen molar-refractivity contribution in [3.63, 3.8) is 0 Å². The van der Waals surface area contributed by atoms with Crippen molar-refractivity contribution in [3.8, 4) is 0 Å². The summed E-state index contributed by atoms with van der Waals surface area (Å²) in [6.45, 7) is 0.486. The Balaban J connectivity index is 1.48. The van der Waals surface area contributed by atoms with E-state index in [0.29, 0.717) is 12.1 Å². The van der Waals surface area contributed by atoms with E-state index >= 15 is 0 Å². The number of benzene rings is 3. The van der Waals surface area contributed by atoms with Crippen molar-refractivity contribution in [1.82, 2.24) is 9.88 Å². The molecule has 1 N–H and O–H groups in total. The summed E-state index contributed by atoms with van der Waals surface area (Å²) in [5, 5.41) is 3.22. The molecule has 174 valence electrons. The summed E-state index contributed by atoms with van der Waals surface area (Å²) in [6.07, 6.45) is 3.30. The summed E-state index contributed by atoms with van der Waals surface area (Å²) in [4.78, 5) is 38.9. The van der Waals surface area contributed by atoms with Crippen LogP contribution in [0.1, 0.15) is 11.1 Å². The van der Waals surface area contributed by atoms with Crippen LogP contribution in [0.3, 0.4) is 0 Å². The lowest BCUT2D eigenvalue weighted by Gasteiger charge is -2.27. The molecule has 0 saturated carbocycles. The van der Waals surface area contributed by atoms with Crippen LogP contribution < -0.4 is 10.2 Å². The fraction of sp³-hybridized carbons (Fsp3) is 0.0385. The molecule has 1 saturated heterocycles. The van der Waals surface area contributed by atoms with E-state index in [4.69, 9.17) is 23.2 Å². The number of imide groups is 2. The van der Waals surface area contributed by atoms with E-state index in [-0.39, 0.29) is 27.1 Å². The first-order chi connectivity index (χ1) is 16.8. The highest BCUT2D eigenvalue weighted by Gasteiger charge is 2.38. The molecular formula is C26H16Cl2FN3O3. The minimum Gasteiger partial charge on any atom is -0.343 e. The van der Waals surface area contributed by atoms with Crippen molar-refractivity contribution in [2.75, 3.05) is 4.90 Å². The summed E-state index contributed by atoms with van der Waals surface area (Å²) in [6, 6.07) is 17.3. The van der Waals surface area contributed by atoms with Crippen molar-refractivity contribution in [2.45, 2.75) is 6.54 Å². The van der Waals surface area contributed by atoms with Crippen LogP contribution >= 0.6 is 23.2 Å². The summed E-state index contributed by atoms with van der Waals surface area (Å²) < 4.78 is 15.5. The van der Waals surface area contributed by atoms with E-state index in [1.165, 1.54) is 30.3 Å². The van der Waals surface area contributed by atoms with Crippen LogP contribution in [0.15, 0.2) is 78.5 Å². The fourth-order valence-corrected chi connectivity index (χ4v) is 4.37. The van der Waals surface area contributed by atoms with Gasteiger partial charge in [-0.15, -0.1) is 0 Å². The number of halogens is 3. The molecule has 0 atom stereocenters. The van der Waals surface area contributed by atoms with Gasteiger partial charge in [-0.1, -0.05) is 47.5 Å². The number of anilines is 1. The van der Waals surface area contributed by atoms with Crippen LogP contribution in [0.25, 0.3) is 17.0 Å². The third kappa shape index (κ3) is 4.32. The number of amides is 4. The van der Waals surface area contributed by atoms with Crippen molar-refractivity contribution in [2.24, 2.45) is 0 Å². The zero-order valence-electron chi connectivity index (χ0n) is 18.0. The second-order valence-electron chi connectivity index (χ2n) is 7.92. The monoisotopic (exact) mass is 507 g/mol. The highest BCUT2D eigenvalue weighted by molar-refractivity contribution is 6.46. The normalized spacial score (nSPS) is 15.2. The van der Waals surface area contributed by atoms with Gasteiger partial charge in [-0.05, 0) is 59.7 Å². The Labute approximate surface area is 209 Å². The number of hydrogen-bond donors (Lipinski definition) is 1. The minimum atomic E-state index is -0.911. The van der Waals surface area contributed by atoms with E-state index in [1.54, 1.807) is 18.2 Å². The number of hydrogen-bond acceptors (Lipinski definition) is 3. The largest absolute Gasteiger partial charge is 0.343 e. The number of carbonyl (C=O) groups excluding carboxylic acids is 3. The number of barbiturate groups is 1. The van der Waals surface area contributed by atoms with Crippen LogP contribution in [0.5, 0.6) is 0 Å². The van der Waals surface area contributed by atoms with Gasteiger partial charge in [0.2, 0.25) is 0 Å². The number of carbonyl (C=O) groups is 3. The van der Waals surface area contributed by atoms with E-state index < -0.39 is 17.8 Å². The van der Waals surface area contributed by atoms with Gasteiger partial charge >= 0.3 is 6.03 Å². The molecule has 4 aromatic rings. The zero-order chi connectivity index (χ0) is 24.7. The predicted molar refractivity (Wildman–Crippen MR) is 133 cm³/mol. The van der Waals surface area contributed by atoms with Crippen molar-refractivity contribution < 1.29 is 18.8 Å². The molecule has 0 aliphatic carbocycles. The third-order valence-electron chi connectivity index (χ3n) is 5.62. The third-order valence-corrected chi connectivity index (χ3v) is 6.43. The Bertz CT molecular complexity index is 1560. The first-order valence-electron chi connectivity index (χ1n) is 10.5. The average molecular weight is 508 g/mol. The standard InChI is InChI=1S/C26H16Cl2FN3O3/c27-20-5-2-6-22(23(20)28)32-25(34)19(24(33)30-26(32)35)13-15-7-8-21-17(11-15)9-10-31(21)14-16-3-1-4-18(29)12-16/h1-13H,14H2,(H,30,33,35)/b19-13-. The molecule has 0 unspecified atom stereocenters. The zero-order valence-corrected chi connectivity index (χ0v) is 19.5. The van der Waals surface area contributed by atoms with Gasteiger partial charge in [0.05, 0.1) is 15.7 Å². The molecule has 2 heterocycles. The first-order valence-corrected chi connectivity index (χ1v) is 11.3. The molecule has 3 aromatic carbocycles. The molecule has 6 nitrogen and oxygen atoms in total. The molecule has 4 amide bonds. The lowest BCUT2D eigenvalue weighted by Crippen LogP contribution is -2.54. The van der Waals surface area contributed by atoms with Crippen LogP contribution in [-0.2, 0) is 16.1 Å². The summed E-state index contributed by atoms with van der Waals surface area (Å²) in [5.74, 6) is -1.92. The quantitative estimate of drug-likeness (QED) is 0.280. The molecule has 0 spiro atoms. The number of nitrogens with zero attached hydrogens (tertiary/aromatic N) is 2. The van der Waals surface area contributed by atoms with Gasteiger partial charge in [0.25, 0.3) is 11.8 Å². The molecule has 1 aromatic heterocycles. The molecule has 5 rings (SSSR count). The van der Waals surface area contributed by atoms with Gasteiger partial charge in [0, 0.05) is 23.6 Å². The van der Waals surface area contributed by atoms with Crippen molar-refractivity contribution in [1.29, 1.82) is 0 Å². The topological polar surface area (TPSA) is 71.4 Å². The molecule has 0 radical (unpaired) electrons. The molecule has 1 aliphatic heterocycles. The number of urea groups is 1. The van der Waals surface area contributed by atoms with Gasteiger partial charge in [-0.3, -0.25) is 14.9 Å². The molecule has 0 bridgehead atoms. The minimum absolute atomic E-state index is 0.0208. The molecular weight excluding hydrogens is 492 g/mol. The lowest BCUT2D eigenvalue weighted by atomic mass is 10.1. The molecule has 35 heavy (non-hydrogen) atoms. The van der Waals surface area contributed by atoms with E-state index in [2.05, 4.69) is 5.32 Å². The Morgan fingerprint density at radius 3 is 2.54 bits per heavy atom. The Kier molecular flexibility index (Phi) is 5.88. The lowest BCUT2D eigenvalue weighted by molar-refractivity contribution is -0.122. The second kappa shape index (κ2) is 9.02. The fourth-order valence-electron chi connectivity index (χ4n) is 3.99. The second-order valence-corrected chi connectivity index (χ2v) is 8.71. The summed E-state index contributed by atoms with van der Waals surface area (Å²) in [5.41, 5.74) is 2.16. The Morgan fingerprint density at radius 2 is 1.74 bits per heavy atom. The first kappa shape index (κ1) is 22.8.